The van der Waals surface area contributed by atoms with Crippen molar-refractivity contribution < 1.29 is 18.0 Å². The summed E-state index contributed by atoms with van der Waals surface area (Å²) in [6.45, 7) is 0. The number of rotatable bonds is 2. The summed E-state index contributed by atoms with van der Waals surface area (Å²) in [6.07, 6.45) is -3.45. The van der Waals surface area contributed by atoms with E-state index in [1.807, 2.05) is 0 Å². The van der Waals surface area contributed by atoms with Crippen LogP contribution in [0.5, 0.6) is 0 Å². The molecule has 0 radical (unpaired) electrons. The number of hydrogen-bond donors (Lipinski definition) is 0. The lowest BCUT2D eigenvalue weighted by Crippen LogP contribution is -2.39. The van der Waals surface area contributed by atoms with Crippen LogP contribution in [0.25, 0.3) is 0 Å². The van der Waals surface area contributed by atoms with E-state index in [1.54, 1.807) is 0 Å². The van der Waals surface area contributed by atoms with E-state index < -0.39 is 29.7 Å². The van der Waals surface area contributed by atoms with E-state index in [4.69, 9.17) is 10.5 Å². The predicted octanol–water partition coefficient (Wildman–Crippen LogP) is 2.59. The van der Waals surface area contributed by atoms with Gasteiger partial charge in [0, 0.05) is 5.92 Å². The van der Waals surface area contributed by atoms with Crippen molar-refractivity contribution in [1.29, 1.82) is 10.5 Å². The Bertz CT molecular complexity index is 364. The third-order valence-electron chi connectivity index (χ3n) is 3.09. The number of ketones is 1. The first kappa shape index (κ1) is 13.5. The van der Waals surface area contributed by atoms with Crippen molar-refractivity contribution in [2.24, 2.45) is 17.8 Å². The van der Waals surface area contributed by atoms with Crippen LogP contribution in [-0.2, 0) is 4.79 Å². The van der Waals surface area contributed by atoms with Crippen LogP contribution in [0.15, 0.2) is 0 Å². The van der Waals surface area contributed by atoms with Crippen LogP contribution < -0.4 is 0 Å². The molecular formula is C11H11F3N2O. The van der Waals surface area contributed by atoms with E-state index in [0.29, 0.717) is 12.8 Å². The molecule has 0 spiro atoms. The first-order valence-corrected chi connectivity index (χ1v) is 5.31. The zero-order valence-corrected chi connectivity index (χ0v) is 9.00. The van der Waals surface area contributed by atoms with Crippen molar-refractivity contribution in [2.45, 2.75) is 31.9 Å². The Morgan fingerprint density at radius 2 is 1.71 bits per heavy atom. The lowest BCUT2D eigenvalue weighted by molar-refractivity contribution is -0.197. The number of carbonyl (C=O) groups excluding carboxylic acids is 1. The molecule has 1 rings (SSSR count). The minimum absolute atomic E-state index is 0.0938. The van der Waals surface area contributed by atoms with Crippen LogP contribution in [0.4, 0.5) is 13.2 Å². The second-order valence-corrected chi connectivity index (χ2v) is 4.13. The average Bonchev–Trinajstić information content (AvgIpc) is 2.29. The van der Waals surface area contributed by atoms with Gasteiger partial charge in [-0.2, -0.15) is 23.7 Å². The van der Waals surface area contributed by atoms with Gasteiger partial charge >= 0.3 is 6.18 Å². The number of alkyl halides is 3. The predicted molar refractivity (Wildman–Crippen MR) is 51.2 cm³/mol. The van der Waals surface area contributed by atoms with Gasteiger partial charge < -0.3 is 0 Å². The molecule has 0 amide bonds. The maximum absolute atomic E-state index is 12.7. The van der Waals surface area contributed by atoms with E-state index in [1.165, 1.54) is 12.1 Å². The number of halogens is 3. The second kappa shape index (κ2) is 5.18. The van der Waals surface area contributed by atoms with Gasteiger partial charge in [0.1, 0.15) is 0 Å². The first-order valence-electron chi connectivity index (χ1n) is 5.31. The smallest absolute Gasteiger partial charge is 0.297 e. The van der Waals surface area contributed by atoms with Crippen LogP contribution in [-0.4, -0.2) is 12.0 Å². The lowest BCUT2D eigenvalue weighted by Gasteiger charge is -2.32. The number of carbonyl (C=O) groups is 1. The molecular weight excluding hydrogens is 233 g/mol. The second-order valence-electron chi connectivity index (χ2n) is 4.13. The highest BCUT2D eigenvalue weighted by Gasteiger charge is 2.49. The fourth-order valence-corrected chi connectivity index (χ4v) is 2.23. The number of Topliss-reactive ketones (excluding diaryl/α,β-unsaturated/α-hetero) is 1. The fourth-order valence-electron chi connectivity index (χ4n) is 2.23. The van der Waals surface area contributed by atoms with Gasteiger partial charge in [0.05, 0.1) is 18.1 Å². The largest absolute Gasteiger partial charge is 0.392 e. The van der Waals surface area contributed by atoms with E-state index in [2.05, 4.69) is 0 Å². The van der Waals surface area contributed by atoms with Gasteiger partial charge in [-0.25, -0.2) is 0 Å². The Hall–Kier alpha value is -1.56. The summed E-state index contributed by atoms with van der Waals surface area (Å²) in [4.78, 5) is 11.7. The summed E-state index contributed by atoms with van der Waals surface area (Å²) in [5.41, 5.74) is 0. The molecule has 2 unspecified atom stereocenters. The Labute approximate surface area is 96.8 Å². The molecule has 0 bridgehead atoms. The van der Waals surface area contributed by atoms with Crippen molar-refractivity contribution in [2.75, 3.05) is 0 Å². The SMILES string of the molecule is N#CC(C#N)C(=O)C1CCCCC1C(F)(F)F. The molecule has 6 heteroatoms. The van der Waals surface area contributed by atoms with Crippen LogP contribution in [0.2, 0.25) is 0 Å². The fraction of sp³-hybridized carbons (Fsp3) is 0.727. The lowest BCUT2D eigenvalue weighted by atomic mass is 9.74. The van der Waals surface area contributed by atoms with E-state index in [9.17, 15) is 18.0 Å². The Kier molecular flexibility index (Phi) is 4.11. The van der Waals surface area contributed by atoms with Crippen molar-refractivity contribution in [3.63, 3.8) is 0 Å². The number of hydrogen-bond acceptors (Lipinski definition) is 3. The van der Waals surface area contributed by atoms with Crippen molar-refractivity contribution in [1.82, 2.24) is 0 Å². The molecule has 1 aliphatic carbocycles. The van der Waals surface area contributed by atoms with Gasteiger partial charge in [-0.3, -0.25) is 4.79 Å². The topological polar surface area (TPSA) is 64.7 Å². The van der Waals surface area contributed by atoms with Crippen molar-refractivity contribution in [3.8, 4) is 12.1 Å². The molecule has 0 aromatic carbocycles. The maximum atomic E-state index is 12.7. The normalized spacial score (nSPS) is 25.1. The molecule has 1 fully saturated rings. The standard InChI is InChI=1S/C11H11F3N2O/c12-11(13,14)9-4-2-1-3-8(9)10(17)7(5-15)6-16/h7-9H,1-4H2. The maximum Gasteiger partial charge on any atom is 0.392 e. The van der Waals surface area contributed by atoms with Gasteiger partial charge in [0.25, 0.3) is 0 Å². The van der Waals surface area contributed by atoms with Crippen molar-refractivity contribution >= 4 is 5.78 Å². The number of nitriles is 2. The van der Waals surface area contributed by atoms with Gasteiger partial charge in [-0.1, -0.05) is 12.8 Å². The van der Waals surface area contributed by atoms with E-state index in [0.717, 1.165) is 0 Å². The molecule has 1 aliphatic rings. The summed E-state index contributed by atoms with van der Waals surface area (Å²) in [6, 6.07) is 2.89. The third-order valence-corrected chi connectivity index (χ3v) is 3.09. The quantitative estimate of drug-likeness (QED) is 0.749. The number of nitrogens with zero attached hydrogens (tertiary/aromatic N) is 2. The van der Waals surface area contributed by atoms with Crippen LogP contribution in [0, 0.1) is 40.4 Å². The molecule has 0 saturated heterocycles. The third kappa shape index (κ3) is 2.97. The summed E-state index contributed by atoms with van der Waals surface area (Å²) < 4.78 is 38.1. The van der Waals surface area contributed by atoms with Crippen molar-refractivity contribution in [3.05, 3.63) is 0 Å². The molecule has 0 N–H and O–H groups in total. The molecule has 0 aromatic rings. The molecule has 17 heavy (non-hydrogen) atoms. The molecule has 1 saturated carbocycles. The summed E-state index contributed by atoms with van der Waals surface area (Å²) in [7, 11) is 0. The van der Waals surface area contributed by atoms with Crippen LogP contribution >= 0.6 is 0 Å². The van der Waals surface area contributed by atoms with E-state index in [-0.39, 0.29) is 12.8 Å². The minimum Gasteiger partial charge on any atom is -0.297 e. The van der Waals surface area contributed by atoms with Gasteiger partial charge in [0.15, 0.2) is 11.7 Å². The van der Waals surface area contributed by atoms with Crippen LogP contribution in [0.3, 0.4) is 0 Å². The monoisotopic (exact) mass is 244 g/mol. The molecule has 0 aliphatic heterocycles. The molecule has 0 aromatic heterocycles. The summed E-state index contributed by atoms with van der Waals surface area (Å²) in [5, 5.41) is 17.1. The Balaban J connectivity index is 2.90. The molecule has 2 atom stereocenters. The van der Waals surface area contributed by atoms with E-state index >= 15 is 0 Å². The Morgan fingerprint density at radius 3 is 2.18 bits per heavy atom. The highest BCUT2D eigenvalue weighted by atomic mass is 19.4. The molecule has 0 heterocycles. The zero-order valence-electron chi connectivity index (χ0n) is 9.00. The van der Waals surface area contributed by atoms with Gasteiger partial charge in [-0.15, -0.1) is 0 Å². The highest BCUT2D eigenvalue weighted by molar-refractivity contribution is 5.88. The Morgan fingerprint density at radius 1 is 1.18 bits per heavy atom. The highest BCUT2D eigenvalue weighted by Crippen LogP contribution is 2.42. The van der Waals surface area contributed by atoms with Crippen LogP contribution in [0.1, 0.15) is 25.7 Å². The van der Waals surface area contributed by atoms with Gasteiger partial charge in [0.2, 0.25) is 0 Å². The molecule has 3 nitrogen and oxygen atoms in total. The molecule has 92 valence electrons. The van der Waals surface area contributed by atoms with Gasteiger partial charge in [-0.05, 0) is 12.8 Å². The summed E-state index contributed by atoms with van der Waals surface area (Å²) in [5.74, 6) is -5.39. The first-order chi connectivity index (χ1) is 7.91. The minimum atomic E-state index is -4.43. The summed E-state index contributed by atoms with van der Waals surface area (Å²) >= 11 is 0. The average molecular weight is 244 g/mol. The zero-order chi connectivity index (χ0) is 13.1.